The number of hydrogen-bond acceptors (Lipinski definition) is 3. The summed E-state index contributed by atoms with van der Waals surface area (Å²) >= 11 is 5.82. The molecule has 1 unspecified atom stereocenters. The Bertz CT molecular complexity index is 691. The predicted octanol–water partition coefficient (Wildman–Crippen LogP) is 2.48. The van der Waals surface area contributed by atoms with Crippen LogP contribution in [0.3, 0.4) is 0 Å². The van der Waals surface area contributed by atoms with Gasteiger partial charge >= 0.3 is 0 Å². The number of aromatic nitrogens is 2. The average Bonchev–Trinajstić information content (AvgIpc) is 2.84. The standard InChI is InChI=1S/C14H12ClN3O2/c1-2-8-7-16-18-12(8)17-13(19)11(14(18)20)9-3-5-10(15)6-4-9/h3-7,11H,2H2,1H3,(H,17,19). The molecule has 1 aliphatic rings. The topological polar surface area (TPSA) is 64.0 Å². The van der Waals surface area contributed by atoms with Crippen molar-refractivity contribution in [3.8, 4) is 0 Å². The second-order valence-corrected chi connectivity index (χ2v) is 5.03. The monoisotopic (exact) mass is 289 g/mol. The van der Waals surface area contributed by atoms with Crippen molar-refractivity contribution in [2.75, 3.05) is 5.32 Å². The number of rotatable bonds is 2. The first-order valence-corrected chi connectivity index (χ1v) is 6.67. The van der Waals surface area contributed by atoms with Gasteiger partial charge in [0.1, 0.15) is 11.7 Å². The van der Waals surface area contributed by atoms with Gasteiger partial charge in [-0.15, -0.1) is 0 Å². The Hall–Kier alpha value is -2.14. The summed E-state index contributed by atoms with van der Waals surface area (Å²) < 4.78 is 1.26. The van der Waals surface area contributed by atoms with E-state index < -0.39 is 5.92 Å². The fraction of sp³-hybridized carbons (Fsp3) is 0.214. The van der Waals surface area contributed by atoms with Gasteiger partial charge in [-0.05, 0) is 24.1 Å². The number of carbonyl (C=O) groups is 2. The normalized spacial score (nSPS) is 17.8. The molecule has 0 fully saturated rings. The van der Waals surface area contributed by atoms with E-state index in [1.807, 2.05) is 6.92 Å². The molecule has 2 heterocycles. The SMILES string of the molecule is CCc1cnn2c1NC(=O)C(c1ccc(Cl)cc1)C2=O. The van der Waals surface area contributed by atoms with Crippen molar-refractivity contribution in [2.24, 2.45) is 0 Å². The van der Waals surface area contributed by atoms with Crippen LogP contribution in [-0.2, 0) is 11.2 Å². The molecule has 1 atom stereocenters. The maximum atomic E-state index is 12.4. The highest BCUT2D eigenvalue weighted by Crippen LogP contribution is 2.29. The number of hydrogen-bond donors (Lipinski definition) is 1. The molecule has 1 aromatic heterocycles. The minimum absolute atomic E-state index is 0.333. The molecule has 5 nitrogen and oxygen atoms in total. The number of amides is 1. The highest BCUT2D eigenvalue weighted by Gasteiger charge is 2.37. The molecule has 1 N–H and O–H groups in total. The van der Waals surface area contributed by atoms with Crippen molar-refractivity contribution in [3.05, 3.63) is 46.6 Å². The van der Waals surface area contributed by atoms with Crippen molar-refractivity contribution in [2.45, 2.75) is 19.3 Å². The summed E-state index contributed by atoms with van der Waals surface area (Å²) in [5.41, 5.74) is 1.46. The van der Waals surface area contributed by atoms with Crippen LogP contribution in [-0.4, -0.2) is 21.6 Å². The summed E-state index contributed by atoms with van der Waals surface area (Å²) in [6, 6.07) is 6.68. The third-order valence-electron chi connectivity index (χ3n) is 3.39. The first-order valence-electron chi connectivity index (χ1n) is 6.29. The summed E-state index contributed by atoms with van der Waals surface area (Å²) in [4.78, 5) is 24.7. The van der Waals surface area contributed by atoms with Crippen LogP contribution in [0.2, 0.25) is 5.02 Å². The molecular weight excluding hydrogens is 278 g/mol. The molecule has 2 aromatic rings. The predicted molar refractivity (Wildman–Crippen MR) is 75.1 cm³/mol. The number of aryl methyl sites for hydroxylation is 1. The number of carbonyl (C=O) groups excluding carboxylic acids is 2. The Morgan fingerprint density at radius 1 is 1.30 bits per heavy atom. The Balaban J connectivity index is 2.04. The Morgan fingerprint density at radius 2 is 2.00 bits per heavy atom. The highest BCUT2D eigenvalue weighted by molar-refractivity contribution is 6.30. The first kappa shape index (κ1) is 12.9. The van der Waals surface area contributed by atoms with Gasteiger partial charge in [-0.2, -0.15) is 9.78 Å². The second-order valence-electron chi connectivity index (χ2n) is 4.60. The van der Waals surface area contributed by atoms with Crippen LogP contribution in [0.4, 0.5) is 5.82 Å². The molecule has 102 valence electrons. The van der Waals surface area contributed by atoms with E-state index in [1.54, 1.807) is 30.5 Å². The number of anilines is 1. The number of benzene rings is 1. The van der Waals surface area contributed by atoms with E-state index in [4.69, 9.17) is 11.6 Å². The molecule has 1 aliphatic heterocycles. The van der Waals surface area contributed by atoms with E-state index in [1.165, 1.54) is 4.68 Å². The number of fused-ring (bicyclic) bond motifs is 1. The number of nitrogens with zero attached hydrogens (tertiary/aromatic N) is 2. The Morgan fingerprint density at radius 3 is 2.65 bits per heavy atom. The maximum Gasteiger partial charge on any atom is 0.265 e. The van der Waals surface area contributed by atoms with Gasteiger partial charge in [0.2, 0.25) is 5.91 Å². The summed E-state index contributed by atoms with van der Waals surface area (Å²) in [5.74, 6) is -1.08. The molecule has 3 rings (SSSR count). The van der Waals surface area contributed by atoms with E-state index in [2.05, 4.69) is 10.4 Å². The average molecular weight is 290 g/mol. The van der Waals surface area contributed by atoms with E-state index in [0.29, 0.717) is 22.8 Å². The van der Waals surface area contributed by atoms with Gasteiger partial charge in [-0.25, -0.2) is 0 Å². The molecule has 0 spiro atoms. The molecule has 0 saturated heterocycles. The molecule has 0 bridgehead atoms. The largest absolute Gasteiger partial charge is 0.309 e. The lowest BCUT2D eigenvalue weighted by molar-refractivity contribution is -0.117. The van der Waals surface area contributed by atoms with Crippen LogP contribution in [0.1, 0.15) is 28.8 Å². The lowest BCUT2D eigenvalue weighted by atomic mass is 9.96. The van der Waals surface area contributed by atoms with Crippen LogP contribution in [0.25, 0.3) is 0 Å². The van der Waals surface area contributed by atoms with Crippen LogP contribution in [0.15, 0.2) is 30.5 Å². The molecule has 1 aromatic carbocycles. The van der Waals surface area contributed by atoms with E-state index >= 15 is 0 Å². The van der Waals surface area contributed by atoms with E-state index in [0.717, 1.165) is 5.56 Å². The van der Waals surface area contributed by atoms with Gasteiger partial charge in [0.05, 0.1) is 6.20 Å². The summed E-state index contributed by atoms with van der Waals surface area (Å²) in [5, 5.41) is 7.38. The number of nitrogens with one attached hydrogen (secondary N) is 1. The maximum absolute atomic E-state index is 12.4. The van der Waals surface area contributed by atoms with Gasteiger partial charge in [0, 0.05) is 10.6 Å². The first-order chi connectivity index (χ1) is 9.61. The van der Waals surface area contributed by atoms with Gasteiger partial charge in [-0.3, -0.25) is 9.59 Å². The molecule has 1 amide bonds. The van der Waals surface area contributed by atoms with Crippen LogP contribution in [0.5, 0.6) is 0 Å². The van der Waals surface area contributed by atoms with Crippen molar-refractivity contribution in [1.82, 2.24) is 9.78 Å². The third kappa shape index (κ3) is 1.91. The van der Waals surface area contributed by atoms with Crippen molar-refractivity contribution < 1.29 is 9.59 Å². The zero-order chi connectivity index (χ0) is 14.3. The van der Waals surface area contributed by atoms with Crippen molar-refractivity contribution in [1.29, 1.82) is 0 Å². The van der Waals surface area contributed by atoms with E-state index in [-0.39, 0.29) is 11.8 Å². The van der Waals surface area contributed by atoms with E-state index in [9.17, 15) is 9.59 Å². The zero-order valence-corrected chi connectivity index (χ0v) is 11.5. The third-order valence-corrected chi connectivity index (χ3v) is 3.64. The van der Waals surface area contributed by atoms with Crippen LogP contribution >= 0.6 is 11.6 Å². The van der Waals surface area contributed by atoms with Gasteiger partial charge in [0.15, 0.2) is 0 Å². The fourth-order valence-corrected chi connectivity index (χ4v) is 2.44. The molecule has 0 radical (unpaired) electrons. The minimum Gasteiger partial charge on any atom is -0.309 e. The summed E-state index contributed by atoms with van der Waals surface area (Å²) in [7, 11) is 0. The smallest absolute Gasteiger partial charge is 0.265 e. The quantitative estimate of drug-likeness (QED) is 0.864. The second kappa shape index (κ2) is 4.76. The van der Waals surface area contributed by atoms with Crippen molar-refractivity contribution >= 4 is 29.2 Å². The Labute approximate surface area is 120 Å². The van der Waals surface area contributed by atoms with Crippen LogP contribution in [0, 0.1) is 0 Å². The molecule has 6 heteroatoms. The molecular formula is C14H12ClN3O2. The Kier molecular flexibility index (Phi) is 3.06. The summed E-state index contributed by atoms with van der Waals surface area (Å²) in [6.45, 7) is 1.94. The minimum atomic E-state index is -0.885. The zero-order valence-electron chi connectivity index (χ0n) is 10.8. The van der Waals surface area contributed by atoms with Gasteiger partial charge in [-0.1, -0.05) is 30.7 Å². The van der Waals surface area contributed by atoms with Crippen LogP contribution < -0.4 is 5.32 Å². The lowest BCUT2D eigenvalue weighted by Crippen LogP contribution is -2.38. The highest BCUT2D eigenvalue weighted by atomic mass is 35.5. The molecule has 0 saturated carbocycles. The molecule has 0 aliphatic carbocycles. The molecule has 20 heavy (non-hydrogen) atoms. The van der Waals surface area contributed by atoms with Gasteiger partial charge in [0.25, 0.3) is 5.91 Å². The van der Waals surface area contributed by atoms with Crippen molar-refractivity contribution in [3.63, 3.8) is 0 Å². The fourth-order valence-electron chi connectivity index (χ4n) is 2.31. The number of halogens is 1. The lowest BCUT2D eigenvalue weighted by Gasteiger charge is -2.22. The summed E-state index contributed by atoms with van der Waals surface area (Å²) in [6.07, 6.45) is 2.31. The van der Waals surface area contributed by atoms with Gasteiger partial charge < -0.3 is 5.32 Å².